The van der Waals surface area contributed by atoms with Crippen LogP contribution in [0.25, 0.3) is 16.9 Å². The van der Waals surface area contributed by atoms with Crippen LogP contribution in [0.3, 0.4) is 0 Å². The zero-order valence-electron chi connectivity index (χ0n) is 17.2. The van der Waals surface area contributed by atoms with Crippen LogP contribution in [0, 0.1) is 0 Å². The van der Waals surface area contributed by atoms with Crippen molar-refractivity contribution < 1.29 is 4.74 Å². The topological polar surface area (TPSA) is 66.7 Å². The monoisotopic (exact) mass is 412 g/mol. The molecular weight excluding hydrogens is 388 g/mol. The molecule has 4 aromatic rings. The first kappa shape index (κ1) is 18.2. The SMILES string of the molecule is c1cc(-c2ccc3c(c2)CCO3)n2nc(Nc3ccc(N4CCNCC4)cc3)nc2c1. The number of hydrogen-bond donors (Lipinski definition) is 2. The van der Waals surface area contributed by atoms with Crippen molar-refractivity contribution in [3.8, 4) is 17.0 Å². The summed E-state index contributed by atoms with van der Waals surface area (Å²) in [5, 5.41) is 11.5. The minimum Gasteiger partial charge on any atom is -0.493 e. The van der Waals surface area contributed by atoms with E-state index in [0.29, 0.717) is 5.95 Å². The third-order valence-corrected chi connectivity index (χ3v) is 5.95. The van der Waals surface area contributed by atoms with Crippen LogP contribution in [0.5, 0.6) is 5.75 Å². The van der Waals surface area contributed by atoms with E-state index in [1.807, 2.05) is 22.7 Å². The molecular formula is C24H24N6O. The third kappa shape index (κ3) is 3.47. The van der Waals surface area contributed by atoms with Crippen LogP contribution in [0.1, 0.15) is 5.56 Å². The standard InChI is InChI=1S/C24H24N6O/c1-2-21(17-4-9-22-18(16-17)10-15-31-22)30-23(3-1)27-24(28-30)26-19-5-7-20(8-6-19)29-13-11-25-12-14-29/h1-9,16,25H,10-15H2,(H,26,28). The van der Waals surface area contributed by atoms with Crippen molar-refractivity contribution in [2.75, 3.05) is 43.0 Å². The molecule has 1 fully saturated rings. The van der Waals surface area contributed by atoms with Crippen LogP contribution in [-0.4, -0.2) is 47.4 Å². The van der Waals surface area contributed by atoms with Gasteiger partial charge < -0.3 is 20.3 Å². The second-order valence-electron chi connectivity index (χ2n) is 7.95. The molecule has 0 spiro atoms. The maximum atomic E-state index is 5.64. The Bertz CT molecular complexity index is 1230. The molecule has 0 amide bonds. The number of piperazine rings is 1. The summed E-state index contributed by atoms with van der Waals surface area (Å²) in [7, 11) is 0. The molecule has 2 aliphatic heterocycles. The van der Waals surface area contributed by atoms with Gasteiger partial charge in [0, 0.05) is 49.5 Å². The minimum absolute atomic E-state index is 0.590. The van der Waals surface area contributed by atoms with Crippen molar-refractivity contribution in [3.05, 3.63) is 66.2 Å². The Labute approximate surface area is 180 Å². The van der Waals surface area contributed by atoms with Crippen molar-refractivity contribution in [3.63, 3.8) is 0 Å². The fraction of sp³-hybridized carbons (Fsp3) is 0.250. The van der Waals surface area contributed by atoms with Crippen LogP contribution in [0.2, 0.25) is 0 Å². The van der Waals surface area contributed by atoms with Crippen LogP contribution in [-0.2, 0) is 6.42 Å². The fourth-order valence-electron chi connectivity index (χ4n) is 4.33. The van der Waals surface area contributed by atoms with Crippen molar-refractivity contribution >= 4 is 23.0 Å². The van der Waals surface area contributed by atoms with Gasteiger partial charge in [0.05, 0.1) is 12.3 Å². The summed E-state index contributed by atoms with van der Waals surface area (Å²) in [6.45, 7) is 4.90. The molecule has 6 rings (SSSR count). The molecule has 4 heterocycles. The molecule has 7 nitrogen and oxygen atoms in total. The summed E-state index contributed by atoms with van der Waals surface area (Å²) in [5.41, 5.74) is 6.42. The lowest BCUT2D eigenvalue weighted by Gasteiger charge is -2.29. The molecule has 0 radical (unpaired) electrons. The third-order valence-electron chi connectivity index (χ3n) is 5.95. The van der Waals surface area contributed by atoms with Gasteiger partial charge in [-0.2, -0.15) is 4.98 Å². The summed E-state index contributed by atoms with van der Waals surface area (Å²) < 4.78 is 7.54. The normalized spacial score (nSPS) is 15.7. The minimum atomic E-state index is 0.590. The Morgan fingerprint density at radius 1 is 0.968 bits per heavy atom. The molecule has 31 heavy (non-hydrogen) atoms. The first-order valence-corrected chi connectivity index (χ1v) is 10.8. The van der Waals surface area contributed by atoms with Crippen molar-refractivity contribution in [2.45, 2.75) is 6.42 Å². The molecule has 2 aromatic carbocycles. The largest absolute Gasteiger partial charge is 0.493 e. The number of rotatable bonds is 4. The highest BCUT2D eigenvalue weighted by molar-refractivity contribution is 5.67. The highest BCUT2D eigenvalue weighted by atomic mass is 16.5. The van der Waals surface area contributed by atoms with Gasteiger partial charge in [-0.3, -0.25) is 0 Å². The van der Waals surface area contributed by atoms with E-state index in [4.69, 9.17) is 9.84 Å². The molecule has 2 N–H and O–H groups in total. The molecule has 0 saturated carbocycles. The lowest BCUT2D eigenvalue weighted by atomic mass is 10.1. The highest BCUT2D eigenvalue weighted by Gasteiger charge is 2.15. The zero-order chi connectivity index (χ0) is 20.6. The van der Waals surface area contributed by atoms with Crippen LogP contribution in [0.15, 0.2) is 60.7 Å². The molecule has 0 aliphatic carbocycles. The van der Waals surface area contributed by atoms with Crippen molar-refractivity contribution in [2.24, 2.45) is 0 Å². The number of fused-ring (bicyclic) bond motifs is 2. The van der Waals surface area contributed by atoms with Gasteiger partial charge in [-0.25, -0.2) is 4.52 Å². The van der Waals surface area contributed by atoms with E-state index in [1.54, 1.807) is 0 Å². The lowest BCUT2D eigenvalue weighted by molar-refractivity contribution is 0.357. The van der Waals surface area contributed by atoms with E-state index in [-0.39, 0.29) is 0 Å². The fourth-order valence-corrected chi connectivity index (χ4v) is 4.33. The van der Waals surface area contributed by atoms with E-state index >= 15 is 0 Å². The highest BCUT2D eigenvalue weighted by Crippen LogP contribution is 2.31. The van der Waals surface area contributed by atoms with E-state index in [1.165, 1.54) is 11.3 Å². The van der Waals surface area contributed by atoms with Gasteiger partial charge in [-0.15, -0.1) is 5.10 Å². The molecule has 156 valence electrons. The average Bonchev–Trinajstić information content (AvgIpc) is 3.46. The predicted molar refractivity (Wildman–Crippen MR) is 122 cm³/mol. The quantitative estimate of drug-likeness (QED) is 0.535. The van der Waals surface area contributed by atoms with Gasteiger partial charge >= 0.3 is 0 Å². The van der Waals surface area contributed by atoms with E-state index in [9.17, 15) is 0 Å². The molecule has 2 aliphatic rings. The second kappa shape index (κ2) is 7.59. The smallest absolute Gasteiger partial charge is 0.247 e. The molecule has 0 atom stereocenters. The number of ether oxygens (including phenoxy) is 1. The summed E-state index contributed by atoms with van der Waals surface area (Å²) in [6.07, 6.45) is 0.952. The Balaban J connectivity index is 1.27. The number of anilines is 3. The average molecular weight is 412 g/mol. The first-order chi connectivity index (χ1) is 15.3. The van der Waals surface area contributed by atoms with Crippen molar-refractivity contribution in [1.82, 2.24) is 19.9 Å². The van der Waals surface area contributed by atoms with Gasteiger partial charge in [-0.1, -0.05) is 6.07 Å². The first-order valence-electron chi connectivity index (χ1n) is 10.8. The lowest BCUT2D eigenvalue weighted by Crippen LogP contribution is -2.43. The van der Waals surface area contributed by atoms with Gasteiger partial charge in [-0.05, 0) is 60.2 Å². The summed E-state index contributed by atoms with van der Waals surface area (Å²) >= 11 is 0. The number of benzene rings is 2. The molecule has 1 saturated heterocycles. The number of hydrogen-bond acceptors (Lipinski definition) is 6. The van der Waals surface area contributed by atoms with Crippen LogP contribution < -0.4 is 20.3 Å². The summed E-state index contributed by atoms with van der Waals surface area (Å²) in [6, 6.07) is 20.9. The zero-order valence-corrected chi connectivity index (χ0v) is 17.2. The Morgan fingerprint density at radius 2 is 1.84 bits per heavy atom. The maximum Gasteiger partial charge on any atom is 0.247 e. The van der Waals surface area contributed by atoms with Crippen molar-refractivity contribution in [1.29, 1.82) is 0 Å². The van der Waals surface area contributed by atoms with Gasteiger partial charge in [0.25, 0.3) is 0 Å². The predicted octanol–water partition coefficient (Wildman–Crippen LogP) is 3.48. The second-order valence-corrected chi connectivity index (χ2v) is 7.95. The van der Waals surface area contributed by atoms with E-state index in [0.717, 1.165) is 67.5 Å². The molecule has 7 heteroatoms. The van der Waals surface area contributed by atoms with E-state index in [2.05, 4.69) is 63.0 Å². The molecule has 0 bridgehead atoms. The maximum absolute atomic E-state index is 5.64. The van der Waals surface area contributed by atoms with Gasteiger partial charge in [0.15, 0.2) is 5.65 Å². The summed E-state index contributed by atoms with van der Waals surface area (Å²) in [5.74, 6) is 1.58. The number of pyridine rings is 1. The molecule has 0 unspecified atom stereocenters. The Morgan fingerprint density at radius 3 is 2.71 bits per heavy atom. The Kier molecular flexibility index (Phi) is 4.46. The van der Waals surface area contributed by atoms with Gasteiger partial charge in [0.1, 0.15) is 5.75 Å². The summed E-state index contributed by atoms with van der Waals surface area (Å²) in [4.78, 5) is 7.08. The Hall–Kier alpha value is -3.58. The van der Waals surface area contributed by atoms with Crippen LogP contribution in [0.4, 0.5) is 17.3 Å². The van der Waals surface area contributed by atoms with Gasteiger partial charge in [0.2, 0.25) is 5.95 Å². The number of aromatic nitrogens is 3. The van der Waals surface area contributed by atoms with Crippen LogP contribution >= 0.6 is 0 Å². The molecule has 2 aromatic heterocycles. The van der Waals surface area contributed by atoms with E-state index < -0.39 is 0 Å². The number of nitrogens with one attached hydrogen (secondary N) is 2. The number of nitrogens with zero attached hydrogens (tertiary/aromatic N) is 4.